The summed E-state index contributed by atoms with van der Waals surface area (Å²) in [7, 11) is 0. The van der Waals surface area contributed by atoms with Crippen molar-refractivity contribution >= 4 is 10.9 Å². The quantitative estimate of drug-likeness (QED) is 0.667. The average molecular weight is 362 g/mol. The second kappa shape index (κ2) is 7.31. The zero-order valence-electron chi connectivity index (χ0n) is 15.6. The summed E-state index contributed by atoms with van der Waals surface area (Å²) in [6.45, 7) is 4.22. The molecule has 1 aliphatic heterocycles. The number of benzene rings is 1. The second-order valence-electron chi connectivity index (χ2n) is 7.94. The fourth-order valence-corrected chi connectivity index (χ4v) is 4.07. The number of ether oxygens (including phenoxy) is 1. The normalized spacial score (nSPS) is 18.8. The fraction of sp³-hybridized carbons (Fsp3) is 0.455. The number of rotatable bonds is 6. The highest BCUT2D eigenvalue weighted by Crippen LogP contribution is 2.34. The van der Waals surface area contributed by atoms with Gasteiger partial charge in [0, 0.05) is 44.0 Å². The van der Waals surface area contributed by atoms with Crippen LogP contribution in [0.3, 0.4) is 0 Å². The zero-order valence-corrected chi connectivity index (χ0v) is 15.6. The van der Waals surface area contributed by atoms with Gasteiger partial charge in [-0.2, -0.15) is 10.2 Å². The topological polar surface area (TPSA) is 43.2 Å². The molecule has 27 heavy (non-hydrogen) atoms. The molecule has 1 aromatic carbocycles. The van der Waals surface area contributed by atoms with Crippen molar-refractivity contribution in [1.29, 1.82) is 0 Å². The first-order valence-corrected chi connectivity index (χ1v) is 10.1. The van der Waals surface area contributed by atoms with Crippen molar-refractivity contribution in [1.82, 2.24) is 19.7 Å². The van der Waals surface area contributed by atoms with Gasteiger partial charge in [-0.1, -0.05) is 6.07 Å². The van der Waals surface area contributed by atoms with Crippen molar-refractivity contribution in [3.8, 4) is 5.75 Å². The molecule has 1 saturated heterocycles. The van der Waals surface area contributed by atoms with Crippen LogP contribution < -0.4 is 4.74 Å². The van der Waals surface area contributed by atoms with Crippen molar-refractivity contribution in [2.24, 2.45) is 5.92 Å². The van der Waals surface area contributed by atoms with E-state index in [9.17, 15) is 0 Å². The minimum Gasteiger partial charge on any atom is -0.490 e. The summed E-state index contributed by atoms with van der Waals surface area (Å²) >= 11 is 0. The van der Waals surface area contributed by atoms with Gasteiger partial charge in [0.1, 0.15) is 11.9 Å². The minimum absolute atomic E-state index is 0.300. The van der Waals surface area contributed by atoms with Crippen molar-refractivity contribution in [2.45, 2.75) is 44.9 Å². The molecule has 0 spiro atoms. The molecule has 0 N–H and O–H groups in total. The third kappa shape index (κ3) is 3.83. The highest BCUT2D eigenvalue weighted by Gasteiger charge is 2.24. The number of piperidine rings is 1. The van der Waals surface area contributed by atoms with Gasteiger partial charge in [-0.3, -0.25) is 4.90 Å². The smallest absolute Gasteiger partial charge is 0.129 e. The maximum absolute atomic E-state index is 6.44. The van der Waals surface area contributed by atoms with E-state index in [0.717, 1.165) is 50.7 Å². The van der Waals surface area contributed by atoms with E-state index < -0.39 is 0 Å². The molecule has 0 bridgehead atoms. The van der Waals surface area contributed by atoms with Crippen LogP contribution in [0, 0.1) is 5.92 Å². The van der Waals surface area contributed by atoms with Crippen molar-refractivity contribution < 1.29 is 4.74 Å². The van der Waals surface area contributed by atoms with E-state index in [0.29, 0.717) is 6.10 Å². The molecule has 0 radical (unpaired) electrons. The van der Waals surface area contributed by atoms with Crippen LogP contribution in [0.4, 0.5) is 0 Å². The summed E-state index contributed by atoms with van der Waals surface area (Å²) in [6.07, 6.45) is 11.0. The molecule has 1 aliphatic carbocycles. The standard InChI is InChI=1S/C22H26N4O/c1-2-21-20(9-13-26(21)16-17-4-5-17)22(3-1)27-19-7-11-25(12-8-19)15-18-6-10-23-24-14-18/h1-3,6,9-10,13-14,17,19H,4-5,7-8,11-12,15-16H2. The van der Waals surface area contributed by atoms with Gasteiger partial charge in [-0.15, -0.1) is 0 Å². The van der Waals surface area contributed by atoms with Crippen LogP contribution in [0.15, 0.2) is 48.9 Å². The first kappa shape index (κ1) is 16.8. The lowest BCUT2D eigenvalue weighted by atomic mass is 10.1. The van der Waals surface area contributed by atoms with Crippen LogP contribution >= 0.6 is 0 Å². The summed E-state index contributed by atoms with van der Waals surface area (Å²) in [6, 6.07) is 10.7. The predicted molar refractivity (Wildman–Crippen MR) is 106 cm³/mol. The number of fused-ring (bicyclic) bond motifs is 1. The summed E-state index contributed by atoms with van der Waals surface area (Å²) in [5.41, 5.74) is 2.54. The van der Waals surface area contributed by atoms with E-state index in [1.807, 2.05) is 12.3 Å². The van der Waals surface area contributed by atoms with Crippen molar-refractivity contribution in [3.05, 3.63) is 54.5 Å². The SMILES string of the molecule is c1cc(OC2CCN(Cc3ccnnc3)CC2)c2ccn(CC3CC3)c2c1. The minimum atomic E-state index is 0.300. The van der Waals surface area contributed by atoms with Gasteiger partial charge >= 0.3 is 0 Å². The molecule has 2 fully saturated rings. The number of hydrogen-bond donors (Lipinski definition) is 0. The number of aromatic nitrogens is 3. The molecular formula is C22H26N4O. The lowest BCUT2D eigenvalue weighted by Gasteiger charge is -2.32. The maximum atomic E-state index is 6.44. The maximum Gasteiger partial charge on any atom is 0.129 e. The van der Waals surface area contributed by atoms with E-state index in [-0.39, 0.29) is 0 Å². The Hall–Kier alpha value is -2.40. The number of nitrogens with zero attached hydrogens (tertiary/aromatic N) is 4. The third-order valence-corrected chi connectivity index (χ3v) is 5.81. The van der Waals surface area contributed by atoms with E-state index in [1.54, 1.807) is 6.20 Å². The summed E-state index contributed by atoms with van der Waals surface area (Å²) in [5.74, 6) is 1.92. The Bertz CT molecular complexity index is 895. The van der Waals surface area contributed by atoms with Crippen LogP contribution in [0.25, 0.3) is 10.9 Å². The van der Waals surface area contributed by atoms with Crippen LogP contribution in [-0.4, -0.2) is 38.9 Å². The summed E-state index contributed by atoms with van der Waals surface area (Å²) in [4.78, 5) is 2.48. The first-order valence-electron chi connectivity index (χ1n) is 10.1. The molecular weight excluding hydrogens is 336 g/mol. The molecule has 5 rings (SSSR count). The Morgan fingerprint density at radius 2 is 1.89 bits per heavy atom. The Kier molecular flexibility index (Phi) is 4.54. The van der Waals surface area contributed by atoms with E-state index >= 15 is 0 Å². The summed E-state index contributed by atoms with van der Waals surface area (Å²) < 4.78 is 8.83. The lowest BCUT2D eigenvalue weighted by molar-refractivity contribution is 0.0979. The van der Waals surface area contributed by atoms with Gasteiger partial charge in [0.2, 0.25) is 0 Å². The van der Waals surface area contributed by atoms with Gasteiger partial charge < -0.3 is 9.30 Å². The Morgan fingerprint density at radius 1 is 1.00 bits per heavy atom. The van der Waals surface area contributed by atoms with Crippen LogP contribution in [-0.2, 0) is 13.1 Å². The molecule has 0 atom stereocenters. The van der Waals surface area contributed by atoms with Crippen LogP contribution in [0.2, 0.25) is 0 Å². The van der Waals surface area contributed by atoms with Crippen LogP contribution in [0.5, 0.6) is 5.75 Å². The van der Waals surface area contributed by atoms with Crippen LogP contribution in [0.1, 0.15) is 31.2 Å². The Labute approximate surface area is 160 Å². The summed E-state index contributed by atoms with van der Waals surface area (Å²) in [5, 5.41) is 9.08. The monoisotopic (exact) mass is 362 g/mol. The van der Waals surface area contributed by atoms with Crippen molar-refractivity contribution in [2.75, 3.05) is 13.1 Å². The molecule has 140 valence electrons. The van der Waals surface area contributed by atoms with E-state index in [1.165, 1.54) is 29.3 Å². The molecule has 0 unspecified atom stereocenters. The van der Waals surface area contributed by atoms with Gasteiger partial charge in [-0.25, -0.2) is 0 Å². The Balaban J connectivity index is 1.22. The first-order chi connectivity index (χ1) is 13.3. The Morgan fingerprint density at radius 3 is 2.67 bits per heavy atom. The highest BCUT2D eigenvalue weighted by atomic mass is 16.5. The molecule has 0 amide bonds. The molecule has 1 saturated carbocycles. The molecule has 5 nitrogen and oxygen atoms in total. The lowest BCUT2D eigenvalue weighted by Crippen LogP contribution is -2.37. The van der Waals surface area contributed by atoms with Gasteiger partial charge in [0.25, 0.3) is 0 Å². The average Bonchev–Trinajstić information content (AvgIpc) is 3.43. The van der Waals surface area contributed by atoms with Gasteiger partial charge in [-0.05, 0) is 61.4 Å². The molecule has 2 aromatic heterocycles. The third-order valence-electron chi connectivity index (χ3n) is 5.81. The predicted octanol–water partition coefficient (Wildman–Crippen LogP) is 3.88. The second-order valence-corrected chi connectivity index (χ2v) is 7.94. The van der Waals surface area contributed by atoms with E-state index in [2.05, 4.69) is 50.1 Å². The van der Waals surface area contributed by atoms with Gasteiger partial charge in [0.15, 0.2) is 0 Å². The van der Waals surface area contributed by atoms with Crippen molar-refractivity contribution in [3.63, 3.8) is 0 Å². The largest absolute Gasteiger partial charge is 0.490 e. The fourth-order valence-electron chi connectivity index (χ4n) is 4.07. The number of hydrogen-bond acceptors (Lipinski definition) is 4. The molecule has 3 heterocycles. The number of likely N-dealkylation sites (tertiary alicyclic amines) is 1. The zero-order chi connectivity index (χ0) is 18.1. The molecule has 3 aromatic rings. The molecule has 5 heteroatoms. The highest BCUT2D eigenvalue weighted by molar-refractivity contribution is 5.86. The van der Waals surface area contributed by atoms with E-state index in [4.69, 9.17) is 4.74 Å². The molecule has 2 aliphatic rings. The van der Waals surface area contributed by atoms with Gasteiger partial charge in [0.05, 0.1) is 11.7 Å².